The van der Waals surface area contributed by atoms with E-state index in [0.29, 0.717) is 17.5 Å². The van der Waals surface area contributed by atoms with E-state index in [9.17, 15) is 4.79 Å². The molecule has 0 spiro atoms. The molecule has 0 aromatic heterocycles. The number of carbonyl (C=O) groups is 1. The highest BCUT2D eigenvalue weighted by Crippen LogP contribution is 2.24. The molecule has 0 N–H and O–H groups in total. The van der Waals surface area contributed by atoms with Crippen molar-refractivity contribution in [3.8, 4) is 0 Å². The molecule has 0 saturated carbocycles. The van der Waals surface area contributed by atoms with Gasteiger partial charge in [0.05, 0.1) is 23.7 Å². The van der Waals surface area contributed by atoms with Gasteiger partial charge in [-0.3, -0.25) is 4.79 Å². The van der Waals surface area contributed by atoms with Gasteiger partial charge in [-0.15, -0.1) is 11.8 Å². The largest absolute Gasteiger partial charge is 0.379 e. The lowest BCUT2D eigenvalue weighted by molar-refractivity contribution is -0.118. The molecule has 1 unspecified atom stereocenters. The van der Waals surface area contributed by atoms with Crippen molar-refractivity contribution in [1.29, 1.82) is 0 Å². The van der Waals surface area contributed by atoms with Gasteiger partial charge in [-0.2, -0.15) is 0 Å². The van der Waals surface area contributed by atoms with Crippen molar-refractivity contribution in [3.05, 3.63) is 0 Å². The van der Waals surface area contributed by atoms with Gasteiger partial charge < -0.3 is 4.74 Å². The van der Waals surface area contributed by atoms with Crippen molar-refractivity contribution in [2.75, 3.05) is 13.2 Å². The SMILES string of the molecule is CCC(=O)C(C)SC1COC1. The van der Waals surface area contributed by atoms with Crippen LogP contribution in [0.1, 0.15) is 20.3 Å². The first-order valence-electron chi connectivity index (χ1n) is 4.00. The van der Waals surface area contributed by atoms with Gasteiger partial charge in [0.1, 0.15) is 5.78 Å². The third kappa shape index (κ3) is 2.49. The second kappa shape index (κ2) is 4.12. The predicted octanol–water partition coefficient (Wildman–Crippen LogP) is 1.49. The predicted molar refractivity (Wildman–Crippen MR) is 47.0 cm³/mol. The van der Waals surface area contributed by atoms with Gasteiger partial charge >= 0.3 is 0 Å². The third-order valence-corrected chi connectivity index (χ3v) is 3.13. The van der Waals surface area contributed by atoms with Crippen molar-refractivity contribution in [2.24, 2.45) is 0 Å². The summed E-state index contributed by atoms with van der Waals surface area (Å²) in [6.07, 6.45) is 0.655. The van der Waals surface area contributed by atoms with Crippen LogP contribution in [0.25, 0.3) is 0 Å². The molecule has 1 fully saturated rings. The topological polar surface area (TPSA) is 26.3 Å². The van der Waals surface area contributed by atoms with Crippen LogP contribution in [0.3, 0.4) is 0 Å². The van der Waals surface area contributed by atoms with Crippen LogP contribution in [0, 0.1) is 0 Å². The Morgan fingerprint density at radius 3 is 2.73 bits per heavy atom. The average molecular weight is 174 g/mol. The van der Waals surface area contributed by atoms with Crippen molar-refractivity contribution < 1.29 is 9.53 Å². The first kappa shape index (κ1) is 9.07. The smallest absolute Gasteiger partial charge is 0.145 e. The third-order valence-electron chi connectivity index (χ3n) is 1.81. The molecule has 1 atom stereocenters. The Balaban J connectivity index is 2.18. The van der Waals surface area contributed by atoms with E-state index in [1.54, 1.807) is 11.8 Å². The highest BCUT2D eigenvalue weighted by Gasteiger charge is 2.23. The number of hydrogen-bond donors (Lipinski definition) is 0. The second-order valence-electron chi connectivity index (χ2n) is 2.76. The summed E-state index contributed by atoms with van der Waals surface area (Å²) in [5.74, 6) is 0.349. The molecule has 1 heterocycles. The number of hydrogen-bond acceptors (Lipinski definition) is 3. The molecule has 2 nitrogen and oxygen atoms in total. The molecule has 0 aliphatic carbocycles. The monoisotopic (exact) mass is 174 g/mol. The van der Waals surface area contributed by atoms with E-state index in [1.807, 2.05) is 13.8 Å². The fraction of sp³-hybridized carbons (Fsp3) is 0.875. The van der Waals surface area contributed by atoms with E-state index in [4.69, 9.17) is 4.74 Å². The molecular formula is C8H14O2S. The van der Waals surface area contributed by atoms with Crippen molar-refractivity contribution >= 4 is 17.5 Å². The Morgan fingerprint density at radius 2 is 2.36 bits per heavy atom. The van der Waals surface area contributed by atoms with Crippen LogP contribution < -0.4 is 0 Å². The van der Waals surface area contributed by atoms with Gasteiger partial charge in [0.15, 0.2) is 0 Å². The maximum atomic E-state index is 11.1. The summed E-state index contributed by atoms with van der Waals surface area (Å²) >= 11 is 1.74. The van der Waals surface area contributed by atoms with Crippen LogP contribution in [-0.2, 0) is 9.53 Å². The molecule has 64 valence electrons. The van der Waals surface area contributed by atoms with Crippen molar-refractivity contribution in [2.45, 2.75) is 30.8 Å². The zero-order chi connectivity index (χ0) is 8.27. The molecule has 0 aromatic rings. The van der Waals surface area contributed by atoms with Gasteiger partial charge in [0.25, 0.3) is 0 Å². The summed E-state index contributed by atoms with van der Waals surface area (Å²) in [4.78, 5) is 11.1. The lowest BCUT2D eigenvalue weighted by Crippen LogP contribution is -2.33. The van der Waals surface area contributed by atoms with E-state index in [1.165, 1.54) is 0 Å². The van der Waals surface area contributed by atoms with Crippen LogP contribution in [0.5, 0.6) is 0 Å². The lowest BCUT2D eigenvalue weighted by atomic mass is 10.2. The number of Topliss-reactive ketones (excluding diaryl/α,β-unsaturated/α-hetero) is 1. The standard InChI is InChI=1S/C8H14O2S/c1-3-8(9)6(2)11-7-4-10-5-7/h6-7H,3-5H2,1-2H3. The Bertz CT molecular complexity index is 143. The fourth-order valence-electron chi connectivity index (χ4n) is 0.945. The Morgan fingerprint density at radius 1 is 1.73 bits per heavy atom. The summed E-state index contributed by atoms with van der Waals surface area (Å²) in [5.41, 5.74) is 0. The normalized spacial score (nSPS) is 20.9. The number of carbonyl (C=O) groups excluding carboxylic acids is 1. The van der Waals surface area contributed by atoms with Crippen molar-refractivity contribution in [3.63, 3.8) is 0 Å². The first-order chi connectivity index (χ1) is 5.24. The highest BCUT2D eigenvalue weighted by molar-refractivity contribution is 8.01. The molecule has 1 saturated heterocycles. The maximum absolute atomic E-state index is 11.1. The number of thioether (sulfide) groups is 1. The first-order valence-corrected chi connectivity index (χ1v) is 4.94. The van der Waals surface area contributed by atoms with Crippen LogP contribution >= 0.6 is 11.8 Å². The number of ketones is 1. The summed E-state index contributed by atoms with van der Waals surface area (Å²) in [5, 5.41) is 0.731. The summed E-state index contributed by atoms with van der Waals surface area (Å²) < 4.78 is 5.02. The highest BCUT2D eigenvalue weighted by atomic mass is 32.2. The van der Waals surface area contributed by atoms with Crippen LogP contribution in [0.15, 0.2) is 0 Å². The van der Waals surface area contributed by atoms with E-state index >= 15 is 0 Å². The molecule has 0 aromatic carbocycles. The Labute approximate surface area is 71.7 Å². The van der Waals surface area contributed by atoms with Gasteiger partial charge in [-0.1, -0.05) is 6.92 Å². The number of rotatable bonds is 4. The lowest BCUT2D eigenvalue weighted by Gasteiger charge is -2.27. The second-order valence-corrected chi connectivity index (χ2v) is 4.40. The molecule has 1 aliphatic heterocycles. The van der Waals surface area contributed by atoms with Gasteiger partial charge in [-0.05, 0) is 6.92 Å². The average Bonchev–Trinajstić information content (AvgIpc) is 1.94. The molecule has 0 amide bonds. The van der Waals surface area contributed by atoms with Crippen molar-refractivity contribution in [1.82, 2.24) is 0 Å². The Kier molecular flexibility index (Phi) is 3.40. The molecule has 1 rings (SSSR count). The summed E-state index contributed by atoms with van der Waals surface area (Å²) in [6, 6.07) is 0. The zero-order valence-electron chi connectivity index (χ0n) is 7.00. The molecule has 3 heteroatoms. The van der Waals surface area contributed by atoms with E-state index < -0.39 is 0 Å². The van der Waals surface area contributed by atoms with E-state index in [-0.39, 0.29) is 5.25 Å². The minimum Gasteiger partial charge on any atom is -0.379 e. The minimum atomic E-state index is 0.161. The summed E-state index contributed by atoms with van der Waals surface area (Å²) in [7, 11) is 0. The Hall–Kier alpha value is -0.0200. The fourth-order valence-corrected chi connectivity index (χ4v) is 2.19. The molecule has 0 bridgehead atoms. The van der Waals surface area contributed by atoms with E-state index in [2.05, 4.69) is 0 Å². The van der Waals surface area contributed by atoms with E-state index in [0.717, 1.165) is 13.2 Å². The minimum absolute atomic E-state index is 0.161. The van der Waals surface area contributed by atoms with Crippen LogP contribution in [0.2, 0.25) is 0 Å². The van der Waals surface area contributed by atoms with Gasteiger partial charge in [0.2, 0.25) is 0 Å². The van der Waals surface area contributed by atoms with Crippen LogP contribution in [-0.4, -0.2) is 29.5 Å². The van der Waals surface area contributed by atoms with Crippen LogP contribution in [0.4, 0.5) is 0 Å². The maximum Gasteiger partial charge on any atom is 0.145 e. The molecule has 11 heavy (non-hydrogen) atoms. The number of ether oxygens (including phenoxy) is 1. The zero-order valence-corrected chi connectivity index (χ0v) is 7.82. The van der Waals surface area contributed by atoms with Gasteiger partial charge in [0, 0.05) is 6.42 Å². The molecular weight excluding hydrogens is 160 g/mol. The molecule has 0 radical (unpaired) electrons. The quantitative estimate of drug-likeness (QED) is 0.646. The summed E-state index contributed by atoms with van der Waals surface area (Å²) in [6.45, 7) is 5.55. The molecule has 1 aliphatic rings. The van der Waals surface area contributed by atoms with Gasteiger partial charge in [-0.25, -0.2) is 0 Å².